The molecule has 58 heavy (non-hydrogen) atoms. The summed E-state index contributed by atoms with van der Waals surface area (Å²) >= 11 is 0. The number of rotatable bonds is 28. The van der Waals surface area contributed by atoms with E-state index < -0.39 is 82.5 Å². The van der Waals surface area contributed by atoms with Crippen molar-refractivity contribution in [1.29, 1.82) is 0 Å². The summed E-state index contributed by atoms with van der Waals surface area (Å²) in [5, 5.41) is 12.5. The zero-order valence-corrected chi connectivity index (χ0v) is 51.2. The zero-order chi connectivity index (χ0) is 44.3. The van der Waals surface area contributed by atoms with E-state index in [0.29, 0.717) is 12.7 Å². The maximum Gasteiger partial charge on any atom is 1.00 e. The van der Waals surface area contributed by atoms with Crippen molar-refractivity contribution in [2.45, 2.75) is 129 Å². The van der Waals surface area contributed by atoms with Crippen LogP contribution in [0.1, 0.15) is 12.8 Å². The molecule has 0 bridgehead atoms. The van der Waals surface area contributed by atoms with Crippen LogP contribution in [0.2, 0.25) is 104 Å². The molecule has 2 atom stereocenters. The number of aliphatic hydroxyl groups is 1. The number of nitrogens with one attached hydrogen (secondary N) is 1. The van der Waals surface area contributed by atoms with Crippen molar-refractivity contribution in [2.75, 3.05) is 78.3 Å². The summed E-state index contributed by atoms with van der Waals surface area (Å²) in [6.07, 6.45) is 1.44. The van der Waals surface area contributed by atoms with Crippen LogP contribution in [0, 0.1) is 0 Å². The number of hydrogen-bond donors (Lipinski definition) is 2. The normalized spacial score (nSPS) is 16.0. The van der Waals surface area contributed by atoms with E-state index in [2.05, 4.69) is 97.0 Å². The third-order valence-corrected chi connectivity index (χ3v) is 27.4. The Morgan fingerprint density at radius 2 is 1.07 bits per heavy atom. The predicted molar refractivity (Wildman–Crippen MR) is 238 cm³/mol. The maximum absolute atomic E-state index is 10.6. The van der Waals surface area contributed by atoms with Crippen molar-refractivity contribution in [3.05, 3.63) is 0 Å². The summed E-state index contributed by atoms with van der Waals surface area (Å²) in [6, 6.07) is 1.87. The van der Waals surface area contributed by atoms with Crippen LogP contribution < -0.4 is 64.4 Å². The first kappa shape index (κ1) is 67.3. The molecule has 2 N–H and O–H groups in total. The average Bonchev–Trinajstić information content (AvgIpc) is 3.75. The van der Waals surface area contributed by atoms with Crippen molar-refractivity contribution in [3.8, 4) is 0 Å². The summed E-state index contributed by atoms with van der Waals surface area (Å²) in [5.41, 5.74) is 0. The monoisotopic (exact) mass is 994 g/mol. The number of epoxide rings is 1. The Morgan fingerprint density at radius 1 is 0.707 bits per heavy atom. The molecular weight excluding hydrogens is 915 g/mol. The van der Waals surface area contributed by atoms with E-state index in [0.717, 1.165) is 44.8 Å². The molecule has 0 aliphatic carbocycles. The first-order valence-corrected chi connectivity index (χ1v) is 41.3. The van der Waals surface area contributed by atoms with Crippen LogP contribution in [0.4, 0.5) is 0 Å². The number of likely N-dealkylation sites (N-methyl/N-ethyl adjacent to an activating group) is 1. The Hall–Kier alpha value is 2.72. The molecule has 0 spiro atoms. The van der Waals surface area contributed by atoms with Crippen molar-refractivity contribution >= 4 is 70.6 Å². The van der Waals surface area contributed by atoms with Gasteiger partial charge in [0.05, 0.1) is 57.7 Å². The number of hydrogen-bond acceptors (Lipinski definition) is 16. The molecule has 1 heterocycles. The van der Waals surface area contributed by atoms with Gasteiger partial charge in [-0.2, -0.15) is 0 Å². The molecule has 0 aromatic heterocycles. The quantitative estimate of drug-likeness (QED) is 0.0388. The molecule has 2 unspecified atom stereocenters. The third kappa shape index (κ3) is 49.7. The number of ether oxygens (including phenoxy) is 3. The van der Waals surface area contributed by atoms with E-state index in [1.54, 1.807) is 19.0 Å². The van der Waals surface area contributed by atoms with Gasteiger partial charge in [-0.1, -0.05) is 0 Å². The second-order valence-corrected chi connectivity index (χ2v) is 47.2. The SMILES string of the molecule is CN(CCS(=O)(=O)[O-])CC(O)COCCC[Si](C)(O[Si](C)(C)C)O[Si](C)(C)C.CNCCS(=O)(=O)[O-].C[Si](C)(C)O[Si](C)(CCCOCC1CO1)O[Si](C)(C)C.[Na+].[Na+]. The molecule has 1 aliphatic heterocycles. The summed E-state index contributed by atoms with van der Waals surface area (Å²) < 4.78 is 103. The molecule has 1 rings (SSSR count). The van der Waals surface area contributed by atoms with Crippen molar-refractivity contribution in [1.82, 2.24) is 10.2 Å². The van der Waals surface area contributed by atoms with Gasteiger partial charge in [0.15, 0.2) is 33.3 Å². The zero-order valence-electron chi connectivity index (χ0n) is 39.6. The fraction of sp³-hybridized carbons (Fsp3) is 1.00. The molecular formula is C32H80N2Na2O14S2Si6. The maximum atomic E-state index is 10.6. The molecule has 26 heteroatoms. The van der Waals surface area contributed by atoms with Gasteiger partial charge >= 0.3 is 76.2 Å². The predicted octanol–water partition coefficient (Wildman–Crippen LogP) is -1.67. The molecule has 0 aromatic rings. The Morgan fingerprint density at radius 3 is 1.36 bits per heavy atom. The summed E-state index contributed by atoms with van der Waals surface area (Å²) in [4.78, 5) is 1.61. The Kier molecular flexibility index (Phi) is 35.8. The van der Waals surface area contributed by atoms with E-state index in [9.17, 15) is 31.0 Å². The molecule has 16 nitrogen and oxygen atoms in total. The Balaban J connectivity index is -0.000000423. The summed E-state index contributed by atoms with van der Waals surface area (Å²) in [6.45, 7) is 34.5. The fourth-order valence-corrected chi connectivity index (χ4v) is 31.4. The smallest absolute Gasteiger partial charge is 0.748 e. The number of nitrogens with zero attached hydrogens (tertiary/aromatic N) is 1. The minimum atomic E-state index is -4.24. The van der Waals surface area contributed by atoms with Crippen LogP contribution in [0.5, 0.6) is 0 Å². The molecule has 340 valence electrons. The minimum Gasteiger partial charge on any atom is -0.748 e. The van der Waals surface area contributed by atoms with Gasteiger partial charge in [0.25, 0.3) is 0 Å². The first-order valence-electron chi connectivity index (χ1n) is 19.4. The molecule has 1 saturated heterocycles. The van der Waals surface area contributed by atoms with E-state index >= 15 is 0 Å². The van der Waals surface area contributed by atoms with Gasteiger partial charge in [-0.3, -0.25) is 0 Å². The van der Waals surface area contributed by atoms with Crippen molar-refractivity contribution < 1.29 is 121 Å². The van der Waals surface area contributed by atoms with Gasteiger partial charge in [-0.15, -0.1) is 0 Å². The van der Waals surface area contributed by atoms with E-state index in [1.165, 1.54) is 0 Å². The molecule has 0 saturated carbocycles. The first-order chi connectivity index (χ1) is 25.0. The third-order valence-electron chi connectivity index (χ3n) is 6.79. The van der Waals surface area contributed by atoms with Crippen molar-refractivity contribution in [3.63, 3.8) is 0 Å². The van der Waals surface area contributed by atoms with Gasteiger partial charge in [0.1, 0.15) is 6.10 Å². The van der Waals surface area contributed by atoms with Gasteiger partial charge in [0, 0.05) is 32.8 Å². The van der Waals surface area contributed by atoms with Crippen LogP contribution in [0.25, 0.3) is 0 Å². The molecule has 0 amide bonds. The van der Waals surface area contributed by atoms with E-state index in [4.69, 9.17) is 30.7 Å². The van der Waals surface area contributed by atoms with Crippen molar-refractivity contribution in [2.24, 2.45) is 0 Å². The summed E-state index contributed by atoms with van der Waals surface area (Å²) in [7, 11) is -15.9. The molecule has 0 aromatic carbocycles. The molecule has 1 fully saturated rings. The van der Waals surface area contributed by atoms with Gasteiger partial charge in [-0.25, -0.2) is 16.8 Å². The fourth-order valence-electron chi connectivity index (χ4n) is 5.42. The van der Waals surface area contributed by atoms with Crippen LogP contribution >= 0.6 is 0 Å². The van der Waals surface area contributed by atoms with E-state index in [1.807, 2.05) is 0 Å². The summed E-state index contributed by atoms with van der Waals surface area (Å²) in [5.74, 6) is -0.794. The van der Waals surface area contributed by atoms with Crippen LogP contribution in [0.15, 0.2) is 0 Å². The van der Waals surface area contributed by atoms with Crippen LogP contribution in [-0.4, -0.2) is 177 Å². The van der Waals surface area contributed by atoms with Gasteiger partial charge in [0.2, 0.25) is 0 Å². The van der Waals surface area contributed by atoms with E-state index in [-0.39, 0.29) is 91.1 Å². The van der Waals surface area contributed by atoms with Gasteiger partial charge < -0.3 is 55.1 Å². The second kappa shape index (κ2) is 30.8. The average molecular weight is 996 g/mol. The Labute approximate surface area is 404 Å². The van der Waals surface area contributed by atoms with Crippen LogP contribution in [-0.2, 0) is 50.9 Å². The second-order valence-electron chi connectivity index (χ2n) is 18.5. The largest absolute Gasteiger partial charge is 1.00 e. The molecule has 1 aliphatic rings. The standard InChI is InChI=1S/C16H41NO7SSi3.C13H32O4Si3.C3H9NO3S.2Na/c1-17(10-12-25(19,20)21)14-16(18)15-22-11-9-13-28(8,23-26(2,3)4)24-27(5,6)7;1-18(2,3)16-20(7,17-19(4,5)6)10-8-9-14-11-13-12-15-13;1-4-2-3-8(5,6)7;;/h16,18H,9-15H2,1-8H3,(H,19,20,21);13H,8-12H2,1-7H3;4H,2-3H2,1H3,(H,5,6,7);;/q;;;2*+1/p-2. The van der Waals surface area contributed by atoms with Crippen LogP contribution in [0.3, 0.4) is 0 Å². The number of aliphatic hydroxyl groups excluding tert-OH is 1. The van der Waals surface area contributed by atoms with Gasteiger partial charge in [-0.05, 0) is 131 Å². The minimum absolute atomic E-state index is 0. The topological polar surface area (TPSA) is 218 Å². The Bertz CT molecular complexity index is 1260. The molecule has 0 radical (unpaired) electrons.